The number of benzene rings is 2. The Bertz CT molecular complexity index is 661. The molecule has 4 heteroatoms. The van der Waals surface area contributed by atoms with Crippen LogP contribution in [0, 0.1) is 0 Å². The molecule has 0 saturated carbocycles. The number of H-pyrrole nitrogens is 1. The maximum atomic E-state index is 4.42. The first kappa shape index (κ1) is 12.1. The minimum absolute atomic E-state index is 0.239. The molecule has 3 aromatic rings. The normalized spacial score (nSPS) is 11.2. The summed E-state index contributed by atoms with van der Waals surface area (Å²) >= 11 is 0.239. The zero-order chi connectivity index (χ0) is 12.4. The third-order valence-corrected chi connectivity index (χ3v) is 5.29. The molecule has 1 aromatic heterocycles. The number of rotatable bonds is 3. The second-order valence-corrected chi connectivity index (χ2v) is 7.82. The minimum atomic E-state index is 0.239. The summed E-state index contributed by atoms with van der Waals surface area (Å²) in [6.45, 7) is 2.87. The number of fused-ring (bicyclic) bond motifs is 1. The van der Waals surface area contributed by atoms with Crippen molar-refractivity contribution in [3.8, 4) is 11.3 Å². The molecule has 3 rings (SSSR count). The van der Waals surface area contributed by atoms with Gasteiger partial charge >= 0.3 is 118 Å². The molecule has 2 nitrogen and oxygen atoms in total. The molecule has 0 amide bonds. The van der Waals surface area contributed by atoms with Crippen molar-refractivity contribution >= 4 is 17.8 Å². The first-order valence-corrected chi connectivity index (χ1v) is 11.4. The van der Waals surface area contributed by atoms with Crippen LogP contribution in [0.3, 0.4) is 0 Å². The van der Waals surface area contributed by atoms with Crippen molar-refractivity contribution < 1.29 is 20.7 Å². The summed E-state index contributed by atoms with van der Waals surface area (Å²) in [5.41, 5.74) is 4.73. The zero-order valence-electron chi connectivity index (χ0n) is 9.73. The van der Waals surface area contributed by atoms with E-state index in [0.29, 0.717) is 0 Å². The Labute approximate surface area is 118 Å². The van der Waals surface area contributed by atoms with Crippen molar-refractivity contribution in [2.24, 2.45) is 0 Å². The molecule has 0 aliphatic carbocycles. The van der Waals surface area contributed by atoms with E-state index >= 15 is 0 Å². The van der Waals surface area contributed by atoms with Gasteiger partial charge in [0.25, 0.3) is 0 Å². The van der Waals surface area contributed by atoms with Crippen molar-refractivity contribution in [2.75, 3.05) is 0 Å². The third kappa shape index (κ3) is 2.29. The van der Waals surface area contributed by atoms with Gasteiger partial charge in [-0.15, -0.1) is 0 Å². The van der Waals surface area contributed by atoms with Crippen LogP contribution in [0.5, 0.6) is 0 Å². The number of aromatic nitrogens is 2. The second-order valence-electron chi connectivity index (χ2n) is 4.10. The fourth-order valence-electron chi connectivity index (χ4n) is 2.02. The second kappa shape index (κ2) is 5.37. The van der Waals surface area contributed by atoms with Crippen LogP contribution >= 0.6 is 6.88 Å². The number of hydrogen-bond acceptors (Lipinski definition) is 1. The van der Waals surface area contributed by atoms with Crippen LogP contribution in [-0.4, -0.2) is 10.2 Å². The molecule has 0 fully saturated rings. The van der Waals surface area contributed by atoms with Gasteiger partial charge in [-0.25, -0.2) is 0 Å². The van der Waals surface area contributed by atoms with Crippen molar-refractivity contribution in [1.82, 2.24) is 10.2 Å². The van der Waals surface area contributed by atoms with E-state index in [1.165, 1.54) is 20.9 Å². The number of alkyl halides is 1. The van der Waals surface area contributed by atoms with E-state index in [-0.39, 0.29) is 20.7 Å². The molecule has 0 bridgehead atoms. The number of halogens is 1. The Morgan fingerprint density at radius 3 is 2.61 bits per heavy atom. The Hall–Kier alpha value is -0.930. The molecule has 0 radical (unpaired) electrons. The van der Waals surface area contributed by atoms with E-state index in [4.69, 9.17) is 0 Å². The average Bonchev–Trinajstić information content (AvgIpc) is 2.84. The monoisotopic (exact) mass is 367 g/mol. The Balaban J connectivity index is 2.03. The van der Waals surface area contributed by atoms with Gasteiger partial charge in [0.1, 0.15) is 0 Å². The molecular formula is C14H13IN2P-. The fourth-order valence-corrected chi connectivity index (χ4v) is 4.24. The zero-order valence-corrected chi connectivity index (χ0v) is 13.0. The Kier molecular flexibility index (Phi) is 3.62. The third-order valence-electron chi connectivity index (χ3n) is 2.93. The van der Waals surface area contributed by atoms with Gasteiger partial charge in [-0.2, -0.15) is 0 Å². The van der Waals surface area contributed by atoms with Gasteiger partial charge in [-0.1, -0.05) is 0 Å². The van der Waals surface area contributed by atoms with Crippen LogP contribution in [0.4, 0.5) is 0 Å². The Morgan fingerprint density at radius 2 is 1.83 bits per heavy atom. The van der Waals surface area contributed by atoms with E-state index < -0.39 is 0 Å². The van der Waals surface area contributed by atoms with Gasteiger partial charge < -0.3 is 0 Å². The summed E-state index contributed by atoms with van der Waals surface area (Å²) in [6.07, 6.45) is 0. The fraction of sp³-hybridized carbons (Fsp3) is 0.0714. The summed E-state index contributed by atoms with van der Waals surface area (Å²) in [7, 11) is 0. The molecule has 0 spiro atoms. The quantitative estimate of drug-likeness (QED) is 0.410. The molecule has 1 unspecified atom stereocenters. The van der Waals surface area contributed by atoms with Crippen molar-refractivity contribution in [1.29, 1.82) is 0 Å². The van der Waals surface area contributed by atoms with Crippen LogP contribution in [0.2, 0.25) is 0 Å². The van der Waals surface area contributed by atoms with Crippen LogP contribution in [-0.2, 0) is 4.43 Å². The summed E-state index contributed by atoms with van der Waals surface area (Å²) in [5.74, 6) is 0. The molecule has 1 heterocycles. The van der Waals surface area contributed by atoms with Crippen LogP contribution in [0.25, 0.3) is 22.2 Å². The van der Waals surface area contributed by atoms with E-state index in [9.17, 15) is 0 Å². The number of nitrogens with one attached hydrogen (secondary N) is 1. The van der Waals surface area contributed by atoms with Crippen LogP contribution < -0.4 is 20.7 Å². The van der Waals surface area contributed by atoms with Crippen LogP contribution in [0.1, 0.15) is 5.56 Å². The summed E-state index contributed by atoms with van der Waals surface area (Å²) in [5, 5.41) is 8.68. The van der Waals surface area contributed by atoms with Gasteiger partial charge in [0, 0.05) is 0 Å². The van der Waals surface area contributed by atoms with Gasteiger partial charge in [-0.3, -0.25) is 0 Å². The van der Waals surface area contributed by atoms with E-state index in [0.717, 1.165) is 11.2 Å². The molecule has 1 N–H and O–H groups in total. The topological polar surface area (TPSA) is 28.7 Å². The molecule has 1 atom stereocenters. The first-order chi connectivity index (χ1) is 8.88. The van der Waals surface area contributed by atoms with Crippen molar-refractivity contribution in [3.63, 3.8) is 0 Å². The standard InChI is InChI=1S/C14H13IN2P/c18-15-9-10-5-7-11(8-6-10)14-12-3-1-2-4-13(12)16-17-14/h1-8H,9,18H2,(H,16,17)/q-1. The van der Waals surface area contributed by atoms with Crippen molar-refractivity contribution in [3.05, 3.63) is 54.1 Å². The molecule has 0 saturated heterocycles. The number of hydrogen-bond donors (Lipinski definition) is 1. The first-order valence-electron chi connectivity index (χ1n) is 5.68. The van der Waals surface area contributed by atoms with Gasteiger partial charge in [0.15, 0.2) is 0 Å². The van der Waals surface area contributed by atoms with E-state index in [1.807, 2.05) is 6.07 Å². The summed E-state index contributed by atoms with van der Waals surface area (Å²) in [4.78, 5) is 0. The molecule has 18 heavy (non-hydrogen) atoms. The summed E-state index contributed by atoms with van der Waals surface area (Å²) < 4.78 is 1.21. The van der Waals surface area contributed by atoms with Gasteiger partial charge in [-0.05, 0) is 0 Å². The predicted octanol–water partition coefficient (Wildman–Crippen LogP) is 0.609. The molecule has 0 aliphatic heterocycles. The molecular weight excluding hydrogens is 354 g/mol. The van der Waals surface area contributed by atoms with Crippen LogP contribution in [0.15, 0.2) is 48.5 Å². The van der Waals surface area contributed by atoms with E-state index in [2.05, 4.69) is 59.5 Å². The maximum absolute atomic E-state index is 4.42. The molecule has 92 valence electrons. The van der Waals surface area contributed by atoms with E-state index in [1.54, 1.807) is 0 Å². The van der Waals surface area contributed by atoms with Crippen molar-refractivity contribution in [2.45, 2.75) is 4.43 Å². The average molecular weight is 367 g/mol. The predicted molar refractivity (Wildman–Crippen MR) is 74.9 cm³/mol. The number of aromatic amines is 1. The molecule has 0 aliphatic rings. The summed E-state index contributed by atoms with van der Waals surface area (Å²) in [6, 6.07) is 17.0. The SMILES string of the molecule is P[I-]Cc1ccc(-c2n[nH]c3ccccc23)cc1. The van der Waals surface area contributed by atoms with Gasteiger partial charge in [0.2, 0.25) is 0 Å². The van der Waals surface area contributed by atoms with Gasteiger partial charge in [0.05, 0.1) is 0 Å². The molecule has 2 aromatic carbocycles. The number of para-hydroxylation sites is 1. The number of nitrogens with zero attached hydrogens (tertiary/aromatic N) is 1. The Morgan fingerprint density at radius 1 is 1.06 bits per heavy atom.